The van der Waals surface area contributed by atoms with E-state index in [1.165, 1.54) is 10.9 Å². The zero-order chi connectivity index (χ0) is 13.7. The van der Waals surface area contributed by atoms with Crippen molar-refractivity contribution in [2.45, 2.75) is 6.42 Å². The first-order valence-electron chi connectivity index (χ1n) is 5.64. The largest absolute Gasteiger partial charge is 0.352 e. The number of aromatic nitrogens is 1. The van der Waals surface area contributed by atoms with Gasteiger partial charge < -0.3 is 10.7 Å². The molecule has 0 aliphatic carbocycles. The molecule has 5 nitrogen and oxygen atoms in total. The van der Waals surface area contributed by atoms with Gasteiger partial charge in [-0.05, 0) is 30.0 Å². The van der Waals surface area contributed by atoms with Crippen molar-refractivity contribution in [1.29, 1.82) is 0 Å². The zero-order valence-electron chi connectivity index (χ0n) is 10.0. The van der Waals surface area contributed by atoms with E-state index in [-0.39, 0.29) is 11.1 Å². The maximum Gasteiger partial charge on any atom is 0.251 e. The molecular formula is C12H13ClN4OS. The molecule has 4 N–H and O–H groups in total. The summed E-state index contributed by atoms with van der Waals surface area (Å²) in [6.07, 6.45) is 0.810. The van der Waals surface area contributed by atoms with Crippen LogP contribution in [-0.2, 0) is 6.42 Å². The highest BCUT2D eigenvalue weighted by Crippen LogP contribution is 2.14. The smallest absolute Gasteiger partial charge is 0.251 e. The summed E-state index contributed by atoms with van der Waals surface area (Å²) in [6.45, 7) is 0.574. The Bertz CT molecular complexity index is 559. The second-order valence-electron chi connectivity index (χ2n) is 3.79. The predicted octanol–water partition coefficient (Wildman–Crippen LogP) is 2.05. The minimum absolute atomic E-state index is 0.197. The van der Waals surface area contributed by atoms with E-state index in [2.05, 4.69) is 15.7 Å². The molecule has 100 valence electrons. The van der Waals surface area contributed by atoms with Crippen LogP contribution >= 0.6 is 22.9 Å². The minimum Gasteiger partial charge on any atom is -0.352 e. The molecule has 0 bridgehead atoms. The van der Waals surface area contributed by atoms with E-state index < -0.39 is 0 Å². The van der Waals surface area contributed by atoms with E-state index in [9.17, 15) is 4.79 Å². The van der Waals surface area contributed by atoms with Gasteiger partial charge in [0.1, 0.15) is 11.0 Å². The summed E-state index contributed by atoms with van der Waals surface area (Å²) in [5.74, 6) is 5.41. The van der Waals surface area contributed by atoms with Crippen molar-refractivity contribution in [2.24, 2.45) is 5.84 Å². The lowest BCUT2D eigenvalue weighted by molar-refractivity contribution is 0.0954. The van der Waals surface area contributed by atoms with Gasteiger partial charge in [0, 0.05) is 17.0 Å². The van der Waals surface area contributed by atoms with Gasteiger partial charge in [-0.3, -0.25) is 4.79 Å². The normalized spacial score (nSPS) is 10.2. The van der Waals surface area contributed by atoms with E-state index in [1.54, 1.807) is 17.4 Å². The van der Waals surface area contributed by atoms with Gasteiger partial charge in [0.2, 0.25) is 0 Å². The van der Waals surface area contributed by atoms with Crippen LogP contribution in [0, 0.1) is 0 Å². The van der Waals surface area contributed by atoms with Crippen molar-refractivity contribution >= 4 is 34.7 Å². The molecule has 0 saturated carbocycles. The predicted molar refractivity (Wildman–Crippen MR) is 77.4 cm³/mol. The first kappa shape index (κ1) is 13.8. The fourth-order valence-corrected chi connectivity index (χ4v) is 2.48. The number of rotatable bonds is 5. The third-order valence-corrected chi connectivity index (χ3v) is 3.57. The number of hydrogen-bond acceptors (Lipinski definition) is 5. The molecule has 0 spiro atoms. The number of amides is 1. The summed E-state index contributed by atoms with van der Waals surface area (Å²) in [7, 11) is 0. The number of pyridine rings is 1. The number of anilines is 1. The van der Waals surface area contributed by atoms with Crippen LogP contribution in [0.5, 0.6) is 0 Å². The highest BCUT2D eigenvalue weighted by molar-refractivity contribution is 7.09. The number of carbonyl (C=O) groups is 1. The van der Waals surface area contributed by atoms with Gasteiger partial charge in [0.05, 0.1) is 0 Å². The summed E-state index contributed by atoms with van der Waals surface area (Å²) >= 11 is 7.47. The number of halogens is 1. The Labute approximate surface area is 119 Å². The zero-order valence-corrected chi connectivity index (χ0v) is 11.6. The van der Waals surface area contributed by atoms with E-state index in [4.69, 9.17) is 17.4 Å². The number of hydrogen-bond donors (Lipinski definition) is 3. The van der Waals surface area contributed by atoms with Crippen LogP contribution in [0.3, 0.4) is 0 Å². The van der Waals surface area contributed by atoms with Crippen LogP contribution in [0.25, 0.3) is 0 Å². The van der Waals surface area contributed by atoms with Gasteiger partial charge in [0.15, 0.2) is 0 Å². The molecule has 0 aliphatic heterocycles. The second kappa shape index (κ2) is 6.51. The molecule has 0 unspecified atom stereocenters. The number of nitrogens with zero attached hydrogens (tertiary/aromatic N) is 1. The van der Waals surface area contributed by atoms with Crippen molar-refractivity contribution in [2.75, 3.05) is 12.0 Å². The summed E-state index contributed by atoms with van der Waals surface area (Å²) in [5.41, 5.74) is 2.80. The van der Waals surface area contributed by atoms with Gasteiger partial charge in [-0.25, -0.2) is 10.8 Å². The lowest BCUT2D eigenvalue weighted by atomic mass is 10.2. The van der Waals surface area contributed by atoms with Gasteiger partial charge in [-0.2, -0.15) is 0 Å². The molecule has 0 atom stereocenters. The molecular weight excluding hydrogens is 284 g/mol. The summed E-state index contributed by atoms with van der Waals surface area (Å²) in [5, 5.41) is 5.06. The quantitative estimate of drug-likeness (QED) is 0.448. The summed E-state index contributed by atoms with van der Waals surface area (Å²) in [6, 6.07) is 7.08. The summed E-state index contributed by atoms with van der Waals surface area (Å²) in [4.78, 5) is 17.1. The first-order valence-corrected chi connectivity index (χ1v) is 6.89. The molecule has 0 fully saturated rings. The molecule has 0 radical (unpaired) electrons. The molecule has 2 heterocycles. The number of hydrazine groups is 1. The Morgan fingerprint density at radius 3 is 3.00 bits per heavy atom. The minimum atomic E-state index is -0.197. The average molecular weight is 297 g/mol. The molecule has 19 heavy (non-hydrogen) atoms. The molecule has 2 aromatic rings. The van der Waals surface area contributed by atoms with Crippen molar-refractivity contribution < 1.29 is 4.79 Å². The Morgan fingerprint density at radius 2 is 2.32 bits per heavy atom. The van der Waals surface area contributed by atoms with Crippen molar-refractivity contribution in [1.82, 2.24) is 10.3 Å². The Balaban J connectivity index is 1.94. The third-order valence-electron chi connectivity index (χ3n) is 2.44. The van der Waals surface area contributed by atoms with Crippen molar-refractivity contribution in [3.05, 3.63) is 45.2 Å². The molecule has 2 aromatic heterocycles. The van der Waals surface area contributed by atoms with Crippen LogP contribution in [0.4, 0.5) is 5.82 Å². The van der Waals surface area contributed by atoms with Crippen LogP contribution in [0.15, 0.2) is 29.6 Å². The molecule has 1 amide bonds. The lowest BCUT2D eigenvalue weighted by Gasteiger charge is -2.06. The maximum absolute atomic E-state index is 11.9. The van der Waals surface area contributed by atoms with Crippen LogP contribution < -0.4 is 16.6 Å². The van der Waals surface area contributed by atoms with Crippen molar-refractivity contribution in [3.8, 4) is 0 Å². The fourth-order valence-electron chi connectivity index (χ4n) is 1.56. The van der Waals surface area contributed by atoms with Crippen molar-refractivity contribution in [3.63, 3.8) is 0 Å². The second-order valence-corrected chi connectivity index (χ2v) is 5.21. The van der Waals surface area contributed by atoms with Crippen LogP contribution in [0.1, 0.15) is 15.2 Å². The molecule has 0 saturated heterocycles. The van der Waals surface area contributed by atoms with E-state index in [1.807, 2.05) is 17.5 Å². The van der Waals surface area contributed by atoms with Gasteiger partial charge >= 0.3 is 0 Å². The number of nitrogens with one attached hydrogen (secondary N) is 2. The van der Waals surface area contributed by atoms with E-state index in [0.29, 0.717) is 17.9 Å². The van der Waals surface area contributed by atoms with E-state index >= 15 is 0 Å². The monoisotopic (exact) mass is 296 g/mol. The highest BCUT2D eigenvalue weighted by atomic mass is 35.5. The molecule has 0 aromatic carbocycles. The summed E-state index contributed by atoms with van der Waals surface area (Å²) < 4.78 is 0. The first-order chi connectivity index (χ1) is 9.19. The number of thiophene rings is 1. The molecule has 0 aliphatic rings. The van der Waals surface area contributed by atoms with Gasteiger partial charge in [-0.15, -0.1) is 11.3 Å². The standard InChI is InChI=1S/C12H13ClN4OS/c13-10-6-8(7-11(16-10)17-14)12(18)15-4-3-9-2-1-5-19-9/h1-2,5-7H,3-4,14H2,(H,15,18)(H,16,17). The van der Waals surface area contributed by atoms with E-state index in [0.717, 1.165) is 6.42 Å². The number of carbonyl (C=O) groups excluding carboxylic acids is 1. The van der Waals surface area contributed by atoms with Gasteiger partial charge in [-0.1, -0.05) is 17.7 Å². The third kappa shape index (κ3) is 3.92. The Morgan fingerprint density at radius 1 is 1.47 bits per heavy atom. The highest BCUT2D eigenvalue weighted by Gasteiger charge is 2.08. The molecule has 2 rings (SSSR count). The average Bonchev–Trinajstić information content (AvgIpc) is 2.91. The Kier molecular flexibility index (Phi) is 4.73. The van der Waals surface area contributed by atoms with Crippen LogP contribution in [-0.4, -0.2) is 17.4 Å². The lowest BCUT2D eigenvalue weighted by Crippen LogP contribution is -2.25. The topological polar surface area (TPSA) is 80.0 Å². The maximum atomic E-state index is 11.9. The fraction of sp³-hybridized carbons (Fsp3) is 0.167. The number of nitrogens with two attached hydrogens (primary N) is 1. The molecule has 7 heteroatoms. The van der Waals surface area contributed by atoms with Gasteiger partial charge in [0.25, 0.3) is 5.91 Å². The SMILES string of the molecule is NNc1cc(C(=O)NCCc2cccs2)cc(Cl)n1. The Hall–Kier alpha value is -1.63. The van der Waals surface area contributed by atoms with Crippen LogP contribution in [0.2, 0.25) is 5.15 Å². The number of nitrogen functional groups attached to an aromatic ring is 1.